The second-order valence-electron chi connectivity index (χ2n) is 6.39. The van der Waals surface area contributed by atoms with Crippen molar-refractivity contribution in [3.63, 3.8) is 0 Å². The van der Waals surface area contributed by atoms with Crippen molar-refractivity contribution in [2.75, 3.05) is 0 Å². The quantitative estimate of drug-likeness (QED) is 0.292. The summed E-state index contributed by atoms with van der Waals surface area (Å²) < 4.78 is 2.76. The summed E-state index contributed by atoms with van der Waals surface area (Å²) in [6.07, 6.45) is 0. The highest BCUT2D eigenvalue weighted by Gasteiger charge is 2.10. The van der Waals surface area contributed by atoms with Crippen LogP contribution in [0, 0.1) is 13.8 Å². The van der Waals surface area contributed by atoms with E-state index in [-0.39, 0.29) is 0 Å². The SMILES string of the molecule is Cc1ccc2c(c1)sc1cc(-c3ccc(-c4ccc(C)s4)s3)ccc12. The number of hydrogen-bond acceptors (Lipinski definition) is 3. The Morgan fingerprint density at radius 1 is 0.560 bits per heavy atom. The van der Waals surface area contributed by atoms with E-state index in [0.717, 1.165) is 0 Å². The zero-order valence-electron chi connectivity index (χ0n) is 14.0. The maximum absolute atomic E-state index is 2.35. The molecule has 5 rings (SSSR count). The fourth-order valence-corrected chi connectivity index (χ4v) is 6.43. The lowest BCUT2D eigenvalue weighted by Gasteiger charge is -1.98. The third kappa shape index (κ3) is 2.63. The summed E-state index contributed by atoms with van der Waals surface area (Å²) in [6, 6.07) is 22.6. The lowest BCUT2D eigenvalue weighted by Crippen LogP contribution is -1.72. The van der Waals surface area contributed by atoms with Crippen LogP contribution in [0.1, 0.15) is 10.4 Å². The monoisotopic (exact) mass is 376 g/mol. The molecule has 122 valence electrons. The maximum Gasteiger partial charge on any atom is 0.0449 e. The lowest BCUT2D eigenvalue weighted by molar-refractivity contribution is 1.52. The zero-order chi connectivity index (χ0) is 17.0. The van der Waals surface area contributed by atoms with Gasteiger partial charge in [-0.1, -0.05) is 24.3 Å². The van der Waals surface area contributed by atoms with Gasteiger partial charge in [-0.15, -0.1) is 34.0 Å². The minimum absolute atomic E-state index is 1.32. The van der Waals surface area contributed by atoms with Gasteiger partial charge in [0.2, 0.25) is 0 Å². The average molecular weight is 377 g/mol. The van der Waals surface area contributed by atoms with Gasteiger partial charge in [-0.2, -0.15) is 0 Å². The van der Waals surface area contributed by atoms with Crippen molar-refractivity contribution in [1.29, 1.82) is 0 Å². The van der Waals surface area contributed by atoms with E-state index in [1.54, 1.807) is 0 Å². The molecule has 0 amide bonds. The van der Waals surface area contributed by atoms with Crippen LogP contribution in [0.5, 0.6) is 0 Å². The first-order valence-electron chi connectivity index (χ1n) is 8.27. The van der Waals surface area contributed by atoms with E-state index in [4.69, 9.17) is 0 Å². The van der Waals surface area contributed by atoms with Gasteiger partial charge in [0, 0.05) is 39.7 Å². The van der Waals surface area contributed by atoms with Gasteiger partial charge in [-0.25, -0.2) is 0 Å². The largest absolute Gasteiger partial charge is 0.140 e. The van der Waals surface area contributed by atoms with Crippen molar-refractivity contribution in [2.45, 2.75) is 13.8 Å². The predicted octanol–water partition coefficient (Wildman–Crippen LogP) is 8.13. The molecule has 0 atom stereocenters. The summed E-state index contributed by atoms with van der Waals surface area (Å²) in [4.78, 5) is 5.44. The first kappa shape index (κ1) is 15.3. The molecule has 5 aromatic rings. The van der Waals surface area contributed by atoms with Crippen LogP contribution in [0.15, 0.2) is 60.7 Å². The molecule has 2 aromatic carbocycles. The summed E-state index contributed by atoms with van der Waals surface area (Å²) in [5.74, 6) is 0. The number of aryl methyl sites for hydroxylation is 2. The molecule has 25 heavy (non-hydrogen) atoms. The first-order valence-corrected chi connectivity index (χ1v) is 10.7. The van der Waals surface area contributed by atoms with Gasteiger partial charge in [0.05, 0.1) is 0 Å². The maximum atomic E-state index is 2.35. The Balaban J connectivity index is 1.61. The van der Waals surface area contributed by atoms with Crippen LogP contribution in [0.3, 0.4) is 0 Å². The Morgan fingerprint density at radius 2 is 1.24 bits per heavy atom. The second-order valence-corrected chi connectivity index (χ2v) is 9.84. The fourth-order valence-electron chi connectivity index (χ4n) is 3.23. The van der Waals surface area contributed by atoms with Crippen LogP contribution < -0.4 is 0 Å². The van der Waals surface area contributed by atoms with Gasteiger partial charge >= 0.3 is 0 Å². The molecule has 0 aliphatic rings. The van der Waals surface area contributed by atoms with E-state index < -0.39 is 0 Å². The topological polar surface area (TPSA) is 0 Å². The van der Waals surface area contributed by atoms with Crippen molar-refractivity contribution in [3.8, 4) is 20.2 Å². The molecule has 0 unspecified atom stereocenters. The highest BCUT2D eigenvalue weighted by Crippen LogP contribution is 2.40. The Labute approximate surface area is 159 Å². The minimum atomic E-state index is 1.32. The zero-order valence-corrected chi connectivity index (χ0v) is 16.4. The third-order valence-electron chi connectivity index (χ3n) is 4.50. The molecular weight excluding hydrogens is 360 g/mol. The molecule has 0 aliphatic heterocycles. The van der Waals surface area contributed by atoms with Crippen molar-refractivity contribution in [3.05, 3.63) is 71.1 Å². The summed E-state index contributed by atoms with van der Waals surface area (Å²) in [5, 5.41) is 2.74. The Hall–Kier alpha value is -1.94. The number of rotatable bonds is 2. The predicted molar refractivity (Wildman–Crippen MR) is 115 cm³/mol. The van der Waals surface area contributed by atoms with Crippen molar-refractivity contribution < 1.29 is 0 Å². The van der Waals surface area contributed by atoms with Crippen LogP contribution in [-0.2, 0) is 0 Å². The standard InChI is InChI=1S/C22H16S3/c1-13-3-6-16-17-7-5-15(12-22(17)25-21(16)11-13)18-9-10-20(24-18)19-8-4-14(2)23-19/h3-12H,1-2H3. The molecule has 3 aromatic heterocycles. The Bertz CT molecular complexity index is 1220. The molecule has 0 saturated heterocycles. The van der Waals surface area contributed by atoms with Gasteiger partial charge < -0.3 is 0 Å². The Kier molecular flexibility index (Phi) is 3.56. The van der Waals surface area contributed by atoms with Crippen LogP contribution in [0.4, 0.5) is 0 Å². The van der Waals surface area contributed by atoms with E-state index >= 15 is 0 Å². The number of thiophene rings is 3. The van der Waals surface area contributed by atoms with Crippen molar-refractivity contribution in [1.82, 2.24) is 0 Å². The van der Waals surface area contributed by atoms with Crippen molar-refractivity contribution in [2.24, 2.45) is 0 Å². The molecule has 0 saturated carbocycles. The summed E-state index contributed by atoms with van der Waals surface area (Å²) in [5.41, 5.74) is 2.65. The molecule has 0 radical (unpaired) electrons. The molecule has 3 heterocycles. The highest BCUT2D eigenvalue weighted by atomic mass is 32.1. The Morgan fingerprint density at radius 3 is 2.04 bits per heavy atom. The molecular formula is C22H16S3. The molecule has 0 N–H and O–H groups in total. The van der Waals surface area contributed by atoms with Gasteiger partial charge in [0.15, 0.2) is 0 Å². The number of fused-ring (bicyclic) bond motifs is 3. The van der Waals surface area contributed by atoms with Crippen LogP contribution in [0.2, 0.25) is 0 Å². The smallest absolute Gasteiger partial charge is 0.0449 e. The molecule has 0 nitrogen and oxygen atoms in total. The van der Waals surface area contributed by atoms with Crippen LogP contribution in [-0.4, -0.2) is 0 Å². The fraction of sp³-hybridized carbons (Fsp3) is 0.0909. The van der Waals surface area contributed by atoms with E-state index in [0.29, 0.717) is 0 Å². The normalized spacial score (nSPS) is 11.6. The highest BCUT2D eigenvalue weighted by molar-refractivity contribution is 7.26. The van der Waals surface area contributed by atoms with Gasteiger partial charge in [0.1, 0.15) is 0 Å². The number of hydrogen-bond donors (Lipinski definition) is 0. The minimum Gasteiger partial charge on any atom is -0.140 e. The van der Waals surface area contributed by atoms with Crippen molar-refractivity contribution >= 4 is 54.2 Å². The van der Waals surface area contributed by atoms with Gasteiger partial charge in [-0.3, -0.25) is 0 Å². The molecule has 0 bridgehead atoms. The van der Waals surface area contributed by atoms with E-state index in [1.807, 2.05) is 34.0 Å². The molecule has 0 aliphatic carbocycles. The lowest BCUT2D eigenvalue weighted by atomic mass is 10.1. The molecule has 0 spiro atoms. The van der Waals surface area contributed by atoms with Gasteiger partial charge in [-0.05, 0) is 61.4 Å². The number of benzene rings is 2. The van der Waals surface area contributed by atoms with E-state index in [1.165, 1.54) is 50.8 Å². The van der Waals surface area contributed by atoms with E-state index in [2.05, 4.69) is 74.5 Å². The van der Waals surface area contributed by atoms with E-state index in [9.17, 15) is 0 Å². The molecule has 3 heteroatoms. The average Bonchev–Trinajstić information content (AvgIpc) is 3.30. The molecule has 0 fully saturated rings. The second kappa shape index (κ2) is 5.80. The third-order valence-corrected chi connectivity index (χ3v) is 7.95. The summed E-state index contributed by atoms with van der Waals surface area (Å²) in [7, 11) is 0. The van der Waals surface area contributed by atoms with Crippen LogP contribution >= 0.6 is 34.0 Å². The van der Waals surface area contributed by atoms with Gasteiger partial charge in [0.25, 0.3) is 0 Å². The summed E-state index contributed by atoms with van der Waals surface area (Å²) in [6.45, 7) is 4.33. The first-order chi connectivity index (χ1) is 12.2. The summed E-state index contributed by atoms with van der Waals surface area (Å²) >= 11 is 5.65. The van der Waals surface area contributed by atoms with Crippen LogP contribution in [0.25, 0.3) is 40.4 Å².